The van der Waals surface area contributed by atoms with Crippen LogP contribution in [0.4, 0.5) is 5.69 Å². The summed E-state index contributed by atoms with van der Waals surface area (Å²) in [6.45, 7) is 7.60. The number of carbonyl (C=O) groups excluding carboxylic acids is 2. The van der Waals surface area contributed by atoms with E-state index in [1.165, 1.54) is 30.5 Å². The van der Waals surface area contributed by atoms with E-state index in [4.69, 9.17) is 0 Å². The molecule has 0 spiro atoms. The Labute approximate surface area is 179 Å². The molecular formula is C27H29NO2. The van der Waals surface area contributed by atoms with Crippen LogP contribution in [0, 0.1) is 0 Å². The second kappa shape index (κ2) is 8.06. The summed E-state index contributed by atoms with van der Waals surface area (Å²) < 4.78 is 0. The predicted octanol–water partition coefficient (Wildman–Crippen LogP) is 6.25. The van der Waals surface area contributed by atoms with E-state index in [0.29, 0.717) is 11.1 Å². The number of fused-ring (bicyclic) bond motifs is 2. The zero-order chi connectivity index (χ0) is 21.3. The zero-order valence-electron chi connectivity index (χ0n) is 18.1. The molecule has 4 rings (SSSR count). The van der Waals surface area contributed by atoms with Crippen LogP contribution >= 0.6 is 0 Å². The van der Waals surface area contributed by atoms with E-state index in [1.807, 2.05) is 6.08 Å². The molecule has 0 radical (unpaired) electrons. The summed E-state index contributed by atoms with van der Waals surface area (Å²) in [6, 6.07) is 15.6. The Morgan fingerprint density at radius 3 is 2.13 bits per heavy atom. The van der Waals surface area contributed by atoms with E-state index >= 15 is 0 Å². The van der Waals surface area contributed by atoms with Gasteiger partial charge in [-0.15, -0.1) is 0 Å². The van der Waals surface area contributed by atoms with Gasteiger partial charge in [-0.3, -0.25) is 9.59 Å². The van der Waals surface area contributed by atoms with Crippen LogP contribution in [0.2, 0.25) is 0 Å². The second-order valence-corrected chi connectivity index (χ2v) is 8.69. The summed E-state index contributed by atoms with van der Waals surface area (Å²) in [5.74, 6) is -0.342. The van der Waals surface area contributed by atoms with E-state index in [1.54, 1.807) is 30.3 Å². The summed E-state index contributed by atoms with van der Waals surface area (Å²) in [6.07, 6.45) is 8.51. The van der Waals surface area contributed by atoms with Gasteiger partial charge in [0.25, 0.3) is 0 Å². The number of anilines is 1. The number of unbranched alkanes of at least 4 members (excludes halogenated alkanes) is 3. The van der Waals surface area contributed by atoms with Crippen LogP contribution in [0.25, 0.3) is 0 Å². The summed E-state index contributed by atoms with van der Waals surface area (Å²) in [4.78, 5) is 27.9. The fraction of sp³-hybridized carbons (Fsp3) is 0.333. The fourth-order valence-corrected chi connectivity index (χ4v) is 4.66. The molecule has 1 heterocycles. The molecule has 0 aromatic heterocycles. The third-order valence-corrected chi connectivity index (χ3v) is 6.35. The van der Waals surface area contributed by atoms with Crippen molar-refractivity contribution >= 4 is 17.3 Å². The molecule has 30 heavy (non-hydrogen) atoms. The van der Waals surface area contributed by atoms with Crippen LogP contribution in [0.15, 0.2) is 72.0 Å². The number of hydrogen-bond acceptors (Lipinski definition) is 3. The van der Waals surface area contributed by atoms with Crippen molar-refractivity contribution in [1.82, 2.24) is 0 Å². The first kappa shape index (κ1) is 20.3. The summed E-state index contributed by atoms with van der Waals surface area (Å²) >= 11 is 0. The smallest absolute Gasteiger partial charge is 0.197 e. The van der Waals surface area contributed by atoms with Crippen LogP contribution in [-0.2, 0) is 5.41 Å². The molecule has 0 saturated carbocycles. The van der Waals surface area contributed by atoms with Gasteiger partial charge in [0.2, 0.25) is 0 Å². The molecule has 0 saturated heterocycles. The first-order valence-corrected chi connectivity index (χ1v) is 10.9. The average molecular weight is 400 g/mol. The van der Waals surface area contributed by atoms with Gasteiger partial charge in [0.05, 0.1) is 5.57 Å². The van der Waals surface area contributed by atoms with Crippen LogP contribution in [0.1, 0.15) is 72.7 Å². The van der Waals surface area contributed by atoms with Gasteiger partial charge in [-0.2, -0.15) is 0 Å². The molecule has 3 nitrogen and oxygen atoms in total. The first-order chi connectivity index (χ1) is 14.5. The minimum atomic E-state index is -0.185. The Kier molecular flexibility index (Phi) is 5.46. The fourth-order valence-electron chi connectivity index (χ4n) is 4.66. The molecule has 0 fully saturated rings. The van der Waals surface area contributed by atoms with Crippen molar-refractivity contribution in [1.29, 1.82) is 0 Å². The van der Waals surface area contributed by atoms with E-state index in [2.05, 4.69) is 49.9 Å². The highest BCUT2D eigenvalue weighted by Crippen LogP contribution is 2.47. The zero-order valence-corrected chi connectivity index (χ0v) is 18.1. The van der Waals surface area contributed by atoms with Crippen molar-refractivity contribution in [2.75, 3.05) is 11.4 Å². The quantitative estimate of drug-likeness (QED) is 0.327. The number of Topliss-reactive ketones (excluding diaryl/α,β-unsaturated/α-hetero) is 2. The monoisotopic (exact) mass is 399 g/mol. The molecule has 0 N–H and O–H groups in total. The molecule has 1 aliphatic carbocycles. The topological polar surface area (TPSA) is 37.4 Å². The van der Waals surface area contributed by atoms with Gasteiger partial charge < -0.3 is 4.90 Å². The van der Waals surface area contributed by atoms with E-state index in [-0.39, 0.29) is 22.6 Å². The number of rotatable bonds is 6. The number of benzene rings is 2. The second-order valence-electron chi connectivity index (χ2n) is 8.69. The Hall–Kier alpha value is -2.94. The Morgan fingerprint density at radius 2 is 1.47 bits per heavy atom. The van der Waals surface area contributed by atoms with Gasteiger partial charge >= 0.3 is 0 Å². The van der Waals surface area contributed by atoms with Gasteiger partial charge in [-0.25, -0.2) is 0 Å². The van der Waals surface area contributed by atoms with E-state index in [9.17, 15) is 9.59 Å². The minimum absolute atomic E-state index is 0.171. The highest BCUT2D eigenvalue weighted by molar-refractivity contribution is 6.39. The molecule has 0 unspecified atom stereocenters. The van der Waals surface area contributed by atoms with Crippen molar-refractivity contribution in [2.45, 2.75) is 51.9 Å². The molecule has 3 heteroatoms. The standard InChI is InChI=1S/C27H29NO2/c1-4-5-6-11-18-28-23-15-10-9-14-22(23)27(2,3)24(28)17-16-21-25(29)19-12-7-8-13-20(19)26(21)30/h7-10,12-17H,4-6,11,18H2,1-3H3/b24-17-. The van der Waals surface area contributed by atoms with Crippen LogP contribution in [0.5, 0.6) is 0 Å². The van der Waals surface area contributed by atoms with Crippen molar-refractivity contribution in [3.8, 4) is 0 Å². The van der Waals surface area contributed by atoms with Crippen LogP contribution in [-0.4, -0.2) is 18.1 Å². The van der Waals surface area contributed by atoms with E-state index in [0.717, 1.165) is 18.7 Å². The number of nitrogens with zero attached hydrogens (tertiary/aromatic N) is 1. The summed E-state index contributed by atoms with van der Waals surface area (Å²) in [7, 11) is 0. The van der Waals surface area contributed by atoms with Crippen molar-refractivity contribution in [3.63, 3.8) is 0 Å². The summed E-state index contributed by atoms with van der Waals surface area (Å²) in [5, 5.41) is 0. The maximum absolute atomic E-state index is 12.8. The molecule has 1 aliphatic heterocycles. The normalized spacial score (nSPS) is 18.2. The van der Waals surface area contributed by atoms with Crippen molar-refractivity contribution in [2.24, 2.45) is 0 Å². The molecule has 0 atom stereocenters. The molecule has 0 amide bonds. The number of ketones is 2. The maximum atomic E-state index is 12.8. The van der Waals surface area contributed by atoms with Crippen molar-refractivity contribution in [3.05, 3.63) is 88.6 Å². The number of allylic oxidation sites excluding steroid dienone is 4. The molecular weight excluding hydrogens is 370 g/mol. The maximum Gasteiger partial charge on any atom is 0.197 e. The number of hydrogen-bond donors (Lipinski definition) is 0. The lowest BCUT2D eigenvalue weighted by molar-refractivity contribution is 0.0988. The Balaban J connectivity index is 1.71. The Bertz CT molecular complexity index is 1020. The number of carbonyl (C=O) groups is 2. The minimum Gasteiger partial charge on any atom is -0.344 e. The molecule has 2 aromatic rings. The average Bonchev–Trinajstić information content (AvgIpc) is 3.12. The molecule has 2 aromatic carbocycles. The summed E-state index contributed by atoms with van der Waals surface area (Å²) in [5.41, 5.74) is 4.77. The molecule has 0 bridgehead atoms. The van der Waals surface area contributed by atoms with Crippen LogP contribution < -0.4 is 4.90 Å². The van der Waals surface area contributed by atoms with Gasteiger partial charge in [-0.05, 0) is 30.2 Å². The lowest BCUT2D eigenvalue weighted by Crippen LogP contribution is -2.27. The lowest BCUT2D eigenvalue weighted by Gasteiger charge is -2.27. The third-order valence-electron chi connectivity index (χ3n) is 6.35. The highest BCUT2D eigenvalue weighted by atomic mass is 16.2. The lowest BCUT2D eigenvalue weighted by atomic mass is 9.83. The SMILES string of the molecule is CCCCCCN1/C(=C\C=C2C(=O)c3ccccc3C2=O)C(C)(C)c2ccccc21. The predicted molar refractivity (Wildman–Crippen MR) is 122 cm³/mol. The number of para-hydroxylation sites is 1. The third kappa shape index (κ3) is 3.32. The van der Waals surface area contributed by atoms with Gasteiger partial charge in [0.1, 0.15) is 0 Å². The van der Waals surface area contributed by atoms with Crippen molar-refractivity contribution < 1.29 is 9.59 Å². The van der Waals surface area contributed by atoms with Gasteiger partial charge in [0.15, 0.2) is 11.6 Å². The molecule has 2 aliphatic rings. The Morgan fingerprint density at radius 1 is 0.833 bits per heavy atom. The first-order valence-electron chi connectivity index (χ1n) is 10.9. The molecule has 154 valence electrons. The van der Waals surface area contributed by atoms with Crippen LogP contribution in [0.3, 0.4) is 0 Å². The largest absolute Gasteiger partial charge is 0.344 e. The highest BCUT2D eigenvalue weighted by Gasteiger charge is 2.39. The van der Waals surface area contributed by atoms with Gasteiger partial charge in [0, 0.05) is 34.5 Å². The van der Waals surface area contributed by atoms with Gasteiger partial charge in [-0.1, -0.05) is 82.5 Å². The van der Waals surface area contributed by atoms with E-state index < -0.39 is 0 Å².